The fraction of sp³-hybridized carbons (Fsp3) is 0.353. The predicted octanol–water partition coefficient (Wildman–Crippen LogP) is 3.57. The van der Waals surface area contributed by atoms with Crippen LogP contribution in [0.3, 0.4) is 0 Å². The van der Waals surface area contributed by atoms with Crippen LogP contribution >= 0.6 is 0 Å². The molecule has 2 heterocycles. The van der Waals surface area contributed by atoms with Gasteiger partial charge >= 0.3 is 0 Å². The fourth-order valence-corrected chi connectivity index (χ4v) is 2.47. The average molecular weight is 283 g/mol. The Balaban J connectivity index is 1.94. The minimum atomic E-state index is 0.102. The minimum Gasteiger partial charge on any atom is -0.359 e. The number of nitrogens with one attached hydrogen (secondary N) is 1. The first kappa shape index (κ1) is 13.9. The van der Waals surface area contributed by atoms with Crippen molar-refractivity contribution in [3.63, 3.8) is 0 Å². The molecule has 0 spiro atoms. The van der Waals surface area contributed by atoms with E-state index in [-0.39, 0.29) is 5.54 Å². The molecule has 2 aromatic heterocycles. The number of fused-ring (bicyclic) bond motifs is 1. The second-order valence-corrected chi connectivity index (χ2v) is 6.38. The highest BCUT2D eigenvalue weighted by Gasteiger charge is 2.12. The van der Waals surface area contributed by atoms with Gasteiger partial charge in [-0.25, -0.2) is 0 Å². The molecule has 0 aliphatic heterocycles. The Hall–Kier alpha value is -2.07. The minimum absolute atomic E-state index is 0.102. The third-order valence-electron chi connectivity index (χ3n) is 3.50. The SMILES string of the molecule is CC(C)(C)NCc1cccc2ccn(Cc3ccno3)c12. The van der Waals surface area contributed by atoms with Crippen LogP contribution in [0.2, 0.25) is 0 Å². The zero-order valence-corrected chi connectivity index (χ0v) is 12.8. The fourth-order valence-electron chi connectivity index (χ4n) is 2.47. The van der Waals surface area contributed by atoms with Gasteiger partial charge in [0, 0.05) is 24.3 Å². The first-order chi connectivity index (χ1) is 10.0. The molecule has 0 amide bonds. The second-order valence-electron chi connectivity index (χ2n) is 6.38. The number of benzene rings is 1. The molecular weight excluding hydrogens is 262 g/mol. The van der Waals surface area contributed by atoms with Gasteiger partial charge in [-0.2, -0.15) is 0 Å². The smallest absolute Gasteiger partial charge is 0.156 e. The molecule has 4 heteroatoms. The van der Waals surface area contributed by atoms with Crippen molar-refractivity contribution in [2.24, 2.45) is 0 Å². The van der Waals surface area contributed by atoms with Crippen molar-refractivity contribution in [1.82, 2.24) is 15.0 Å². The van der Waals surface area contributed by atoms with E-state index in [0.29, 0.717) is 6.54 Å². The molecule has 21 heavy (non-hydrogen) atoms. The zero-order chi connectivity index (χ0) is 14.9. The molecule has 3 aromatic rings. The number of rotatable bonds is 4. The van der Waals surface area contributed by atoms with Crippen molar-refractivity contribution in [3.8, 4) is 0 Å². The number of para-hydroxylation sites is 1. The van der Waals surface area contributed by atoms with Crippen LogP contribution < -0.4 is 5.32 Å². The maximum atomic E-state index is 5.22. The van der Waals surface area contributed by atoms with Crippen LogP contribution in [0.4, 0.5) is 0 Å². The van der Waals surface area contributed by atoms with E-state index < -0.39 is 0 Å². The Kier molecular flexibility index (Phi) is 3.55. The summed E-state index contributed by atoms with van der Waals surface area (Å²) in [5.41, 5.74) is 2.66. The van der Waals surface area contributed by atoms with Gasteiger partial charge in [-0.1, -0.05) is 23.4 Å². The van der Waals surface area contributed by atoms with Crippen LogP contribution in [-0.2, 0) is 13.1 Å². The molecule has 0 aliphatic rings. The standard InChI is InChI=1S/C17H21N3O/c1-17(2,3)18-11-14-6-4-5-13-8-10-20(16(13)14)12-15-7-9-19-21-15/h4-10,18H,11-12H2,1-3H3. The highest BCUT2D eigenvalue weighted by Crippen LogP contribution is 2.22. The molecule has 0 radical (unpaired) electrons. The van der Waals surface area contributed by atoms with Crippen LogP contribution in [0.1, 0.15) is 32.1 Å². The Morgan fingerprint density at radius 1 is 1.19 bits per heavy atom. The Morgan fingerprint density at radius 2 is 2.05 bits per heavy atom. The summed E-state index contributed by atoms with van der Waals surface area (Å²) >= 11 is 0. The van der Waals surface area contributed by atoms with E-state index in [2.05, 4.69) is 66.3 Å². The first-order valence-corrected chi connectivity index (χ1v) is 7.24. The van der Waals surface area contributed by atoms with Crippen LogP contribution in [-0.4, -0.2) is 15.3 Å². The molecular formula is C17H21N3O. The summed E-state index contributed by atoms with van der Waals surface area (Å²) < 4.78 is 7.44. The third-order valence-corrected chi connectivity index (χ3v) is 3.50. The molecule has 0 bridgehead atoms. The highest BCUT2D eigenvalue weighted by atomic mass is 16.5. The Bertz CT molecular complexity index is 720. The van der Waals surface area contributed by atoms with Crippen LogP contribution in [0, 0.1) is 0 Å². The molecule has 0 atom stereocenters. The maximum absolute atomic E-state index is 5.22. The van der Waals surface area contributed by atoms with E-state index >= 15 is 0 Å². The quantitative estimate of drug-likeness (QED) is 0.796. The molecule has 0 fully saturated rings. The number of hydrogen-bond donors (Lipinski definition) is 1. The Morgan fingerprint density at radius 3 is 2.76 bits per heavy atom. The van der Waals surface area contributed by atoms with Gasteiger partial charge in [0.2, 0.25) is 0 Å². The monoisotopic (exact) mass is 283 g/mol. The summed E-state index contributed by atoms with van der Waals surface area (Å²) in [6, 6.07) is 10.5. The summed E-state index contributed by atoms with van der Waals surface area (Å²) in [5.74, 6) is 0.867. The highest BCUT2D eigenvalue weighted by molar-refractivity contribution is 5.83. The summed E-state index contributed by atoms with van der Waals surface area (Å²) in [6.45, 7) is 8.10. The molecule has 4 nitrogen and oxygen atoms in total. The summed E-state index contributed by atoms with van der Waals surface area (Å²) in [4.78, 5) is 0. The average Bonchev–Trinajstić information content (AvgIpc) is 3.06. The lowest BCUT2D eigenvalue weighted by Gasteiger charge is -2.21. The van der Waals surface area contributed by atoms with Gasteiger partial charge < -0.3 is 14.4 Å². The van der Waals surface area contributed by atoms with Gasteiger partial charge in [-0.15, -0.1) is 0 Å². The maximum Gasteiger partial charge on any atom is 0.156 e. The summed E-state index contributed by atoms with van der Waals surface area (Å²) in [7, 11) is 0. The van der Waals surface area contributed by atoms with Crippen LogP contribution in [0.25, 0.3) is 10.9 Å². The number of hydrogen-bond acceptors (Lipinski definition) is 3. The van der Waals surface area contributed by atoms with Gasteiger partial charge in [0.05, 0.1) is 18.3 Å². The lowest BCUT2D eigenvalue weighted by molar-refractivity contribution is 0.377. The van der Waals surface area contributed by atoms with Crippen molar-refractivity contribution < 1.29 is 4.52 Å². The molecule has 1 aromatic carbocycles. The van der Waals surface area contributed by atoms with Crippen molar-refractivity contribution in [1.29, 1.82) is 0 Å². The van der Waals surface area contributed by atoms with Crippen LogP contribution in [0.15, 0.2) is 47.2 Å². The first-order valence-electron chi connectivity index (χ1n) is 7.24. The van der Waals surface area contributed by atoms with E-state index in [4.69, 9.17) is 4.52 Å². The van der Waals surface area contributed by atoms with Crippen molar-refractivity contribution in [3.05, 3.63) is 54.0 Å². The van der Waals surface area contributed by atoms with Crippen LogP contribution in [0.5, 0.6) is 0 Å². The molecule has 0 saturated heterocycles. The lowest BCUT2D eigenvalue weighted by atomic mass is 10.1. The van der Waals surface area contributed by atoms with E-state index in [1.807, 2.05) is 6.07 Å². The molecule has 0 saturated carbocycles. The van der Waals surface area contributed by atoms with E-state index in [9.17, 15) is 0 Å². The van der Waals surface area contributed by atoms with E-state index in [1.165, 1.54) is 16.5 Å². The second kappa shape index (κ2) is 5.37. The number of nitrogens with zero attached hydrogens (tertiary/aromatic N) is 2. The van der Waals surface area contributed by atoms with Gasteiger partial charge in [-0.3, -0.25) is 0 Å². The molecule has 0 aliphatic carbocycles. The Labute approximate surface area is 124 Å². The van der Waals surface area contributed by atoms with Gasteiger partial charge in [0.15, 0.2) is 5.76 Å². The largest absolute Gasteiger partial charge is 0.359 e. The molecule has 1 N–H and O–H groups in total. The van der Waals surface area contributed by atoms with Crippen molar-refractivity contribution >= 4 is 10.9 Å². The molecule has 3 rings (SSSR count). The zero-order valence-electron chi connectivity index (χ0n) is 12.8. The van der Waals surface area contributed by atoms with Gasteiger partial charge in [0.25, 0.3) is 0 Å². The molecule has 0 unspecified atom stereocenters. The number of aromatic nitrogens is 2. The van der Waals surface area contributed by atoms with E-state index in [0.717, 1.165) is 12.3 Å². The topological polar surface area (TPSA) is 43.0 Å². The molecule has 110 valence electrons. The normalized spacial score (nSPS) is 12.1. The predicted molar refractivity (Wildman–Crippen MR) is 84.1 cm³/mol. The summed E-state index contributed by atoms with van der Waals surface area (Å²) in [5, 5.41) is 8.58. The third kappa shape index (κ3) is 3.16. The lowest BCUT2D eigenvalue weighted by Crippen LogP contribution is -2.35. The van der Waals surface area contributed by atoms with E-state index in [1.54, 1.807) is 6.20 Å². The van der Waals surface area contributed by atoms with Crippen molar-refractivity contribution in [2.75, 3.05) is 0 Å². The van der Waals surface area contributed by atoms with Crippen molar-refractivity contribution in [2.45, 2.75) is 39.4 Å². The van der Waals surface area contributed by atoms with Gasteiger partial charge in [-0.05, 0) is 37.8 Å². The summed E-state index contributed by atoms with van der Waals surface area (Å²) in [6.07, 6.45) is 3.79. The van der Waals surface area contributed by atoms with Gasteiger partial charge in [0.1, 0.15) is 0 Å².